The second kappa shape index (κ2) is 7.44. The lowest BCUT2D eigenvalue weighted by Crippen LogP contribution is -2.31. The van der Waals surface area contributed by atoms with Crippen LogP contribution in [0.2, 0.25) is 0 Å². The zero-order valence-corrected chi connectivity index (χ0v) is 12.2. The first-order valence-electron chi connectivity index (χ1n) is 6.06. The monoisotopic (exact) mass is 267 g/mol. The van der Waals surface area contributed by atoms with Crippen LogP contribution in [0.4, 0.5) is 0 Å². The number of carbonyl (C=O) groups excluding carboxylic acids is 1. The molecule has 0 saturated carbocycles. The molecule has 0 radical (unpaired) electrons. The number of hydrogen-bond donors (Lipinski definition) is 1. The highest BCUT2D eigenvalue weighted by Crippen LogP contribution is 2.27. The SMILES string of the molecule is CCC(C(=O)OC)C(NC)c1ccc(SC)cc1. The minimum absolute atomic E-state index is 0.00152. The predicted octanol–water partition coefficient (Wildman–Crippen LogP) is 2.87. The molecule has 0 saturated heterocycles. The molecule has 1 aromatic carbocycles. The van der Waals surface area contributed by atoms with E-state index in [9.17, 15) is 4.79 Å². The van der Waals surface area contributed by atoms with Gasteiger partial charge in [-0.2, -0.15) is 0 Å². The number of esters is 1. The second-order valence-electron chi connectivity index (χ2n) is 4.08. The largest absolute Gasteiger partial charge is 0.469 e. The third kappa shape index (κ3) is 3.50. The van der Waals surface area contributed by atoms with Gasteiger partial charge in [-0.3, -0.25) is 4.79 Å². The van der Waals surface area contributed by atoms with Crippen LogP contribution in [0, 0.1) is 5.92 Å². The summed E-state index contributed by atoms with van der Waals surface area (Å²) in [5.74, 6) is -0.314. The molecule has 0 aliphatic carbocycles. The lowest BCUT2D eigenvalue weighted by molar-refractivity contribution is -0.146. The van der Waals surface area contributed by atoms with Gasteiger partial charge in [0.05, 0.1) is 13.0 Å². The highest BCUT2D eigenvalue weighted by atomic mass is 32.2. The quantitative estimate of drug-likeness (QED) is 0.635. The van der Waals surface area contributed by atoms with Crippen LogP contribution in [0.3, 0.4) is 0 Å². The van der Waals surface area contributed by atoms with Gasteiger partial charge in [0.1, 0.15) is 0 Å². The van der Waals surface area contributed by atoms with Crippen molar-refractivity contribution in [2.24, 2.45) is 5.92 Å². The van der Waals surface area contributed by atoms with Crippen LogP contribution in [0.5, 0.6) is 0 Å². The number of nitrogens with one attached hydrogen (secondary N) is 1. The van der Waals surface area contributed by atoms with Crippen molar-refractivity contribution < 1.29 is 9.53 Å². The van der Waals surface area contributed by atoms with E-state index in [0.717, 1.165) is 12.0 Å². The molecule has 3 nitrogen and oxygen atoms in total. The number of hydrogen-bond acceptors (Lipinski definition) is 4. The number of methoxy groups -OCH3 is 1. The van der Waals surface area contributed by atoms with Crippen molar-refractivity contribution in [3.05, 3.63) is 29.8 Å². The van der Waals surface area contributed by atoms with E-state index in [1.807, 2.05) is 20.2 Å². The van der Waals surface area contributed by atoms with E-state index in [1.165, 1.54) is 12.0 Å². The van der Waals surface area contributed by atoms with Crippen LogP contribution < -0.4 is 5.32 Å². The Morgan fingerprint density at radius 2 is 2.00 bits per heavy atom. The average molecular weight is 267 g/mol. The molecule has 2 unspecified atom stereocenters. The number of benzene rings is 1. The van der Waals surface area contributed by atoms with Gasteiger partial charge < -0.3 is 10.1 Å². The Bertz CT molecular complexity index is 378. The number of ether oxygens (including phenoxy) is 1. The van der Waals surface area contributed by atoms with E-state index in [-0.39, 0.29) is 17.9 Å². The van der Waals surface area contributed by atoms with Gasteiger partial charge in [0.25, 0.3) is 0 Å². The summed E-state index contributed by atoms with van der Waals surface area (Å²) < 4.78 is 4.87. The highest BCUT2D eigenvalue weighted by molar-refractivity contribution is 7.98. The Kier molecular flexibility index (Phi) is 6.22. The summed E-state index contributed by atoms with van der Waals surface area (Å²) in [6, 6.07) is 8.29. The molecule has 0 fully saturated rings. The number of rotatable bonds is 6. The van der Waals surface area contributed by atoms with Gasteiger partial charge in [0.15, 0.2) is 0 Å². The fourth-order valence-corrected chi connectivity index (χ4v) is 2.51. The Morgan fingerprint density at radius 3 is 2.39 bits per heavy atom. The minimum atomic E-state index is -0.161. The van der Waals surface area contributed by atoms with Crippen LogP contribution in [0.15, 0.2) is 29.2 Å². The van der Waals surface area contributed by atoms with Crippen molar-refractivity contribution in [1.82, 2.24) is 5.32 Å². The topological polar surface area (TPSA) is 38.3 Å². The van der Waals surface area contributed by atoms with E-state index in [1.54, 1.807) is 11.8 Å². The number of carbonyl (C=O) groups is 1. The second-order valence-corrected chi connectivity index (χ2v) is 4.96. The normalized spacial score (nSPS) is 14.0. The molecule has 0 aliphatic heterocycles. The Morgan fingerprint density at radius 1 is 1.39 bits per heavy atom. The van der Waals surface area contributed by atoms with Crippen molar-refractivity contribution in [1.29, 1.82) is 0 Å². The summed E-state index contributed by atoms with van der Waals surface area (Å²) in [6.45, 7) is 2.00. The fourth-order valence-electron chi connectivity index (χ4n) is 2.10. The summed E-state index contributed by atoms with van der Waals surface area (Å²) in [7, 11) is 3.31. The van der Waals surface area contributed by atoms with Crippen LogP contribution in [0.1, 0.15) is 24.9 Å². The van der Waals surface area contributed by atoms with Gasteiger partial charge in [0, 0.05) is 10.9 Å². The van der Waals surface area contributed by atoms with E-state index in [0.29, 0.717) is 0 Å². The van der Waals surface area contributed by atoms with Gasteiger partial charge >= 0.3 is 5.97 Å². The van der Waals surface area contributed by atoms with Crippen LogP contribution in [-0.4, -0.2) is 26.4 Å². The van der Waals surface area contributed by atoms with Crippen molar-refractivity contribution in [2.75, 3.05) is 20.4 Å². The Labute approximate surface area is 113 Å². The molecular weight excluding hydrogens is 246 g/mol. The molecule has 0 amide bonds. The van der Waals surface area contributed by atoms with Crippen LogP contribution >= 0.6 is 11.8 Å². The lowest BCUT2D eigenvalue weighted by Gasteiger charge is -2.24. The molecule has 0 bridgehead atoms. The van der Waals surface area contributed by atoms with E-state index >= 15 is 0 Å². The van der Waals surface area contributed by atoms with Gasteiger partial charge in [-0.05, 0) is 37.4 Å². The summed E-state index contributed by atoms with van der Waals surface area (Å²) in [6.07, 6.45) is 2.80. The Hall–Kier alpha value is -1.00. The molecule has 18 heavy (non-hydrogen) atoms. The third-order valence-electron chi connectivity index (χ3n) is 3.13. The third-order valence-corrected chi connectivity index (χ3v) is 3.88. The Balaban J connectivity index is 2.95. The molecule has 2 atom stereocenters. The molecule has 1 aromatic rings. The highest BCUT2D eigenvalue weighted by Gasteiger charge is 2.27. The van der Waals surface area contributed by atoms with E-state index in [2.05, 4.69) is 29.6 Å². The molecule has 0 heterocycles. The van der Waals surface area contributed by atoms with E-state index < -0.39 is 0 Å². The van der Waals surface area contributed by atoms with Gasteiger partial charge in [-0.25, -0.2) is 0 Å². The van der Waals surface area contributed by atoms with Crippen molar-refractivity contribution >= 4 is 17.7 Å². The molecule has 4 heteroatoms. The van der Waals surface area contributed by atoms with Crippen LogP contribution in [-0.2, 0) is 9.53 Å². The predicted molar refractivity (Wildman–Crippen MR) is 75.8 cm³/mol. The maximum absolute atomic E-state index is 11.8. The van der Waals surface area contributed by atoms with Crippen molar-refractivity contribution in [2.45, 2.75) is 24.3 Å². The maximum atomic E-state index is 11.8. The summed E-state index contributed by atoms with van der Waals surface area (Å²) in [5.41, 5.74) is 1.12. The molecule has 0 aliphatic rings. The molecular formula is C14H21NO2S. The van der Waals surface area contributed by atoms with Crippen LogP contribution in [0.25, 0.3) is 0 Å². The lowest BCUT2D eigenvalue weighted by atomic mass is 9.91. The summed E-state index contributed by atoms with van der Waals surface area (Å²) in [5, 5.41) is 3.21. The van der Waals surface area contributed by atoms with Gasteiger partial charge in [0.2, 0.25) is 0 Å². The first-order chi connectivity index (χ1) is 8.67. The molecule has 0 aromatic heterocycles. The minimum Gasteiger partial charge on any atom is -0.469 e. The first-order valence-corrected chi connectivity index (χ1v) is 7.29. The van der Waals surface area contributed by atoms with Gasteiger partial charge in [-0.1, -0.05) is 19.1 Å². The van der Waals surface area contributed by atoms with Crippen molar-refractivity contribution in [3.8, 4) is 0 Å². The number of thioether (sulfide) groups is 1. The zero-order valence-electron chi connectivity index (χ0n) is 11.4. The summed E-state index contributed by atoms with van der Waals surface area (Å²) >= 11 is 1.71. The molecule has 1 N–H and O–H groups in total. The fraction of sp³-hybridized carbons (Fsp3) is 0.500. The van der Waals surface area contributed by atoms with Gasteiger partial charge in [-0.15, -0.1) is 11.8 Å². The smallest absolute Gasteiger partial charge is 0.310 e. The standard InChI is InChI=1S/C14H21NO2S/c1-5-12(14(16)17-3)13(15-2)10-6-8-11(18-4)9-7-10/h6-9,12-13,15H,5H2,1-4H3. The zero-order chi connectivity index (χ0) is 13.5. The average Bonchev–Trinajstić information content (AvgIpc) is 2.44. The first kappa shape index (κ1) is 15.1. The van der Waals surface area contributed by atoms with Crippen molar-refractivity contribution in [3.63, 3.8) is 0 Å². The van der Waals surface area contributed by atoms with E-state index in [4.69, 9.17) is 4.74 Å². The summed E-state index contributed by atoms with van der Waals surface area (Å²) in [4.78, 5) is 13.0. The maximum Gasteiger partial charge on any atom is 0.310 e. The molecule has 100 valence electrons. The molecule has 1 rings (SSSR count). The molecule has 0 spiro atoms.